The summed E-state index contributed by atoms with van der Waals surface area (Å²) in [6.07, 6.45) is 14.2. The topological polar surface area (TPSA) is 80.4 Å². The molecule has 1 aromatic heterocycles. The Labute approximate surface area is 179 Å². The van der Waals surface area contributed by atoms with Crippen molar-refractivity contribution in [2.24, 2.45) is 4.99 Å². The summed E-state index contributed by atoms with van der Waals surface area (Å²) in [5, 5.41) is 16.8. The van der Waals surface area contributed by atoms with Gasteiger partial charge in [-0.15, -0.1) is 0 Å². The highest BCUT2D eigenvalue weighted by Gasteiger charge is 2.17. The Morgan fingerprint density at radius 3 is 2.97 bits per heavy atom. The summed E-state index contributed by atoms with van der Waals surface area (Å²) in [6, 6.07) is 0.535. The summed E-state index contributed by atoms with van der Waals surface area (Å²) >= 11 is 0. The van der Waals surface area contributed by atoms with Crippen LogP contribution in [0.2, 0.25) is 0 Å². The zero-order chi connectivity index (χ0) is 21.3. The van der Waals surface area contributed by atoms with Crippen LogP contribution in [0, 0.1) is 0 Å². The summed E-state index contributed by atoms with van der Waals surface area (Å²) in [4.78, 5) is 4.34. The van der Waals surface area contributed by atoms with Gasteiger partial charge in [0.05, 0.1) is 17.9 Å². The number of allylic oxidation sites excluding steroid dienone is 2. The molecule has 0 saturated carbocycles. The molecule has 1 saturated heterocycles. The average Bonchev–Trinajstić information content (AvgIpc) is 3.05. The molecule has 1 atom stereocenters. The van der Waals surface area contributed by atoms with Crippen molar-refractivity contribution in [3.63, 3.8) is 0 Å². The molecule has 7 nitrogen and oxygen atoms in total. The number of aliphatic imine (C=N–C) groups is 1. The number of hydrogen-bond acceptors (Lipinski definition) is 5. The first-order chi connectivity index (χ1) is 14.7. The second-order valence-corrected chi connectivity index (χ2v) is 7.52. The molecule has 0 aliphatic carbocycles. The zero-order valence-corrected chi connectivity index (χ0v) is 18.0. The molecule has 0 amide bonds. The van der Waals surface area contributed by atoms with Gasteiger partial charge in [-0.1, -0.05) is 30.9 Å². The Morgan fingerprint density at radius 2 is 2.27 bits per heavy atom. The van der Waals surface area contributed by atoms with Crippen LogP contribution in [0.25, 0.3) is 17.7 Å². The van der Waals surface area contributed by atoms with Gasteiger partial charge in [-0.3, -0.25) is 10.1 Å². The van der Waals surface area contributed by atoms with Gasteiger partial charge < -0.3 is 10.6 Å². The summed E-state index contributed by atoms with van der Waals surface area (Å²) in [6.45, 7) is 13.5. The largest absolute Gasteiger partial charge is 0.315 e. The highest BCUT2D eigenvalue weighted by molar-refractivity contribution is 5.97. The fourth-order valence-corrected chi connectivity index (χ4v) is 3.71. The van der Waals surface area contributed by atoms with E-state index in [1.807, 2.05) is 30.3 Å². The number of hydrogen-bond donors (Lipinski definition) is 4. The van der Waals surface area contributed by atoms with Crippen molar-refractivity contribution < 1.29 is 0 Å². The van der Waals surface area contributed by atoms with Gasteiger partial charge in [-0.2, -0.15) is 5.10 Å². The number of aromatic nitrogens is 2. The fourth-order valence-electron chi connectivity index (χ4n) is 3.71. The van der Waals surface area contributed by atoms with E-state index < -0.39 is 0 Å². The van der Waals surface area contributed by atoms with Gasteiger partial charge in [0.15, 0.2) is 0 Å². The lowest BCUT2D eigenvalue weighted by molar-refractivity contribution is 0.376. The first-order valence-corrected chi connectivity index (χ1v) is 10.5. The van der Waals surface area contributed by atoms with Crippen molar-refractivity contribution in [1.29, 1.82) is 0 Å². The number of H-pyrrole nitrogens is 1. The number of rotatable bonds is 8. The Bertz CT molecular complexity index is 866. The van der Waals surface area contributed by atoms with Gasteiger partial charge >= 0.3 is 0 Å². The Hall–Kier alpha value is -2.74. The van der Waals surface area contributed by atoms with E-state index in [0.29, 0.717) is 12.6 Å². The molecule has 3 heterocycles. The molecule has 3 rings (SSSR count). The maximum Gasteiger partial charge on any atom is 0.142 e. The molecule has 1 fully saturated rings. The zero-order valence-electron chi connectivity index (χ0n) is 18.0. The first kappa shape index (κ1) is 22.0. The second-order valence-electron chi connectivity index (χ2n) is 7.52. The molecule has 0 spiro atoms. The molecule has 7 heteroatoms. The van der Waals surface area contributed by atoms with Gasteiger partial charge in [0.1, 0.15) is 5.84 Å². The van der Waals surface area contributed by atoms with Crippen LogP contribution in [-0.4, -0.2) is 60.3 Å². The lowest BCUT2D eigenvalue weighted by Gasteiger charge is -2.24. The van der Waals surface area contributed by atoms with Crippen LogP contribution in [0.5, 0.6) is 0 Å². The number of piperidine rings is 1. The van der Waals surface area contributed by atoms with Crippen LogP contribution in [-0.2, 0) is 0 Å². The summed E-state index contributed by atoms with van der Waals surface area (Å²) in [7, 11) is 1.88. The van der Waals surface area contributed by atoms with Crippen LogP contribution < -0.4 is 16.1 Å². The molecule has 0 radical (unpaired) electrons. The predicted molar refractivity (Wildman–Crippen MR) is 127 cm³/mol. The SMILES string of the molecule is C=CN=C1C=CC(c2n[nH]c(C=C)c2/C=C(\C)CNC2CCCNC2)=CCN1NC. The highest BCUT2D eigenvalue weighted by Crippen LogP contribution is 2.25. The van der Waals surface area contributed by atoms with E-state index in [2.05, 4.69) is 63.5 Å². The molecule has 0 bridgehead atoms. The minimum Gasteiger partial charge on any atom is -0.315 e. The third-order valence-corrected chi connectivity index (χ3v) is 5.34. The van der Waals surface area contributed by atoms with E-state index in [9.17, 15) is 0 Å². The van der Waals surface area contributed by atoms with Gasteiger partial charge in [-0.25, -0.2) is 10.4 Å². The van der Waals surface area contributed by atoms with Crippen molar-refractivity contribution in [1.82, 2.24) is 31.3 Å². The normalized spacial score (nSPS) is 21.5. The summed E-state index contributed by atoms with van der Waals surface area (Å²) < 4.78 is 0. The van der Waals surface area contributed by atoms with Gasteiger partial charge in [-0.05, 0) is 44.5 Å². The van der Waals surface area contributed by atoms with Crippen LogP contribution in [0.15, 0.2) is 48.2 Å². The van der Waals surface area contributed by atoms with Gasteiger partial charge in [0, 0.05) is 43.5 Å². The lowest BCUT2D eigenvalue weighted by atomic mass is 10.0. The van der Waals surface area contributed by atoms with E-state index in [1.54, 1.807) is 6.20 Å². The monoisotopic (exact) mass is 407 g/mol. The number of nitrogens with one attached hydrogen (secondary N) is 4. The fraction of sp³-hybridized carbons (Fsp3) is 0.391. The minimum absolute atomic E-state index is 0.535. The van der Waals surface area contributed by atoms with Gasteiger partial charge in [0.25, 0.3) is 0 Å². The quantitative estimate of drug-likeness (QED) is 0.533. The Balaban J connectivity index is 1.83. The molecule has 0 aromatic carbocycles. The van der Waals surface area contributed by atoms with Gasteiger partial charge in [0.2, 0.25) is 0 Å². The van der Waals surface area contributed by atoms with E-state index in [0.717, 1.165) is 48.0 Å². The van der Waals surface area contributed by atoms with E-state index in [-0.39, 0.29) is 0 Å². The molecular formula is C23H33N7. The first-order valence-electron chi connectivity index (χ1n) is 10.5. The third-order valence-electron chi connectivity index (χ3n) is 5.34. The van der Waals surface area contributed by atoms with Crippen molar-refractivity contribution in [3.8, 4) is 0 Å². The highest BCUT2D eigenvalue weighted by atomic mass is 15.5. The predicted octanol–water partition coefficient (Wildman–Crippen LogP) is 2.73. The summed E-state index contributed by atoms with van der Waals surface area (Å²) in [5.41, 5.74) is 8.34. The van der Waals surface area contributed by atoms with E-state index in [1.165, 1.54) is 18.4 Å². The van der Waals surface area contributed by atoms with Crippen LogP contribution in [0.3, 0.4) is 0 Å². The molecule has 1 unspecified atom stereocenters. The van der Waals surface area contributed by atoms with Crippen molar-refractivity contribution in [2.75, 3.05) is 33.2 Å². The van der Waals surface area contributed by atoms with E-state index >= 15 is 0 Å². The molecule has 2 aliphatic rings. The average molecular weight is 408 g/mol. The maximum absolute atomic E-state index is 4.59. The molecular weight excluding hydrogens is 374 g/mol. The van der Waals surface area contributed by atoms with Crippen molar-refractivity contribution in [3.05, 3.63) is 60.1 Å². The molecule has 1 aromatic rings. The molecule has 4 N–H and O–H groups in total. The third kappa shape index (κ3) is 5.44. The Morgan fingerprint density at radius 1 is 1.40 bits per heavy atom. The standard InChI is InChI=1S/C23H33N7/c1-5-21-20(14-17(3)15-27-19-8-7-12-25-16-19)23(29-28-21)18-9-10-22(26-6-2)30(24-4)13-11-18/h5-6,9-11,14,19,24-25,27H,1-2,7-8,12-13,15-16H2,3-4H3,(H,28,29)/b17-14+,26-22?. The number of aromatic amines is 1. The number of hydrazine groups is 1. The van der Waals surface area contributed by atoms with Crippen LogP contribution in [0.1, 0.15) is 36.7 Å². The maximum atomic E-state index is 4.59. The summed E-state index contributed by atoms with van der Waals surface area (Å²) in [5.74, 6) is 0.803. The second kappa shape index (κ2) is 10.9. The molecule has 30 heavy (non-hydrogen) atoms. The smallest absolute Gasteiger partial charge is 0.142 e. The van der Waals surface area contributed by atoms with E-state index in [4.69, 9.17) is 0 Å². The minimum atomic E-state index is 0.535. The molecule has 2 aliphatic heterocycles. The lowest BCUT2D eigenvalue weighted by Crippen LogP contribution is -2.43. The van der Waals surface area contributed by atoms with Crippen LogP contribution >= 0.6 is 0 Å². The number of amidine groups is 1. The van der Waals surface area contributed by atoms with Crippen molar-refractivity contribution >= 4 is 23.6 Å². The molecule has 160 valence electrons. The van der Waals surface area contributed by atoms with Crippen LogP contribution in [0.4, 0.5) is 0 Å². The Kier molecular flexibility index (Phi) is 7.96. The van der Waals surface area contributed by atoms with Crippen molar-refractivity contribution in [2.45, 2.75) is 25.8 Å². The number of nitrogens with zero attached hydrogens (tertiary/aromatic N) is 3.